The van der Waals surface area contributed by atoms with Crippen LogP contribution in [0, 0.1) is 6.92 Å². The normalized spacial score (nSPS) is 16.1. The van der Waals surface area contributed by atoms with Crippen molar-refractivity contribution in [3.8, 4) is 0 Å². The first-order chi connectivity index (χ1) is 15.5. The molecule has 32 heavy (non-hydrogen) atoms. The van der Waals surface area contributed by atoms with Crippen molar-refractivity contribution in [2.45, 2.75) is 46.1 Å². The highest BCUT2D eigenvalue weighted by Crippen LogP contribution is 2.31. The van der Waals surface area contributed by atoms with Gasteiger partial charge in [-0.05, 0) is 76.4 Å². The summed E-state index contributed by atoms with van der Waals surface area (Å²) in [5, 5.41) is 4.17. The highest BCUT2D eigenvalue weighted by atomic mass is 16.5. The first kappa shape index (κ1) is 21.7. The molecule has 0 unspecified atom stereocenters. The average molecular weight is 433 g/mol. The summed E-state index contributed by atoms with van der Waals surface area (Å²) in [6, 6.07) is 11.1. The number of rotatable bonds is 5. The second kappa shape index (κ2) is 9.34. The van der Waals surface area contributed by atoms with E-state index >= 15 is 0 Å². The number of likely N-dealkylation sites (tertiary alicyclic amines) is 1. The van der Waals surface area contributed by atoms with Gasteiger partial charge in [0.25, 0.3) is 5.91 Å². The van der Waals surface area contributed by atoms with Crippen LogP contribution in [0.4, 0.5) is 11.4 Å². The van der Waals surface area contributed by atoms with Gasteiger partial charge in [0.15, 0.2) is 5.65 Å². The minimum absolute atomic E-state index is 0.0298. The first-order valence-electron chi connectivity index (χ1n) is 11.1. The number of carbonyl (C=O) groups excluding carboxylic acids is 2. The molecule has 0 aliphatic carbocycles. The van der Waals surface area contributed by atoms with Crippen molar-refractivity contribution in [1.82, 2.24) is 14.9 Å². The van der Waals surface area contributed by atoms with E-state index in [4.69, 9.17) is 4.74 Å². The van der Waals surface area contributed by atoms with Gasteiger partial charge < -0.3 is 15.0 Å². The average Bonchev–Trinajstić information content (AvgIpc) is 2.79. The van der Waals surface area contributed by atoms with Crippen molar-refractivity contribution in [3.63, 3.8) is 0 Å². The molecule has 1 saturated heterocycles. The summed E-state index contributed by atoms with van der Waals surface area (Å²) >= 11 is 0. The Morgan fingerprint density at radius 1 is 1.16 bits per heavy atom. The molecular formula is C25H28N4O3. The predicted molar refractivity (Wildman–Crippen MR) is 124 cm³/mol. The molecule has 7 heteroatoms. The number of ether oxygens (including phenoxy) is 1. The maximum absolute atomic E-state index is 13.5. The quantitative estimate of drug-likeness (QED) is 0.579. The number of benzene rings is 1. The second-order valence-electron chi connectivity index (χ2n) is 8.14. The van der Waals surface area contributed by atoms with Gasteiger partial charge >= 0.3 is 5.97 Å². The molecule has 7 nitrogen and oxygen atoms in total. The molecular weight excluding hydrogens is 404 g/mol. The lowest BCUT2D eigenvalue weighted by Crippen LogP contribution is -2.42. The largest absolute Gasteiger partial charge is 0.462 e. The number of aromatic nitrogens is 2. The molecule has 0 bridgehead atoms. The minimum atomic E-state index is -0.358. The Kier molecular flexibility index (Phi) is 6.35. The van der Waals surface area contributed by atoms with Crippen LogP contribution in [0.3, 0.4) is 0 Å². The van der Waals surface area contributed by atoms with Gasteiger partial charge in [-0.3, -0.25) is 4.79 Å². The van der Waals surface area contributed by atoms with Gasteiger partial charge in [0.2, 0.25) is 0 Å². The van der Waals surface area contributed by atoms with E-state index in [0.29, 0.717) is 29.1 Å². The zero-order valence-corrected chi connectivity index (χ0v) is 18.7. The van der Waals surface area contributed by atoms with E-state index < -0.39 is 0 Å². The second-order valence-corrected chi connectivity index (χ2v) is 8.14. The number of carbonyl (C=O) groups is 2. The third-order valence-corrected chi connectivity index (χ3v) is 5.83. The fourth-order valence-corrected chi connectivity index (χ4v) is 4.07. The zero-order chi connectivity index (χ0) is 22.7. The summed E-state index contributed by atoms with van der Waals surface area (Å²) < 4.78 is 5.06. The summed E-state index contributed by atoms with van der Waals surface area (Å²) in [5.74, 6) is -0.388. The summed E-state index contributed by atoms with van der Waals surface area (Å²) in [4.78, 5) is 36.4. The molecule has 1 atom stereocenters. The Hall–Kier alpha value is -3.48. The minimum Gasteiger partial charge on any atom is -0.462 e. The SMILES string of the molecule is CCOC(=O)c1ccc(Nc2c(C(=O)N3CCCC[C@H]3C)cnc3nc(C)ccc23)cc1. The summed E-state index contributed by atoms with van der Waals surface area (Å²) in [6.45, 7) is 6.86. The Balaban J connectivity index is 1.73. The Morgan fingerprint density at radius 2 is 1.94 bits per heavy atom. The van der Waals surface area contributed by atoms with Gasteiger partial charge in [-0.25, -0.2) is 14.8 Å². The number of hydrogen-bond donors (Lipinski definition) is 1. The van der Waals surface area contributed by atoms with Crippen LogP contribution in [0.25, 0.3) is 11.0 Å². The van der Waals surface area contributed by atoms with Crippen LogP contribution in [0.15, 0.2) is 42.6 Å². The van der Waals surface area contributed by atoms with Crippen molar-refractivity contribution in [3.05, 3.63) is 59.4 Å². The van der Waals surface area contributed by atoms with Crippen LogP contribution in [-0.4, -0.2) is 45.9 Å². The molecule has 3 heterocycles. The first-order valence-corrected chi connectivity index (χ1v) is 11.1. The van der Waals surface area contributed by atoms with Crippen LogP contribution in [0.2, 0.25) is 0 Å². The van der Waals surface area contributed by atoms with Gasteiger partial charge in [0.1, 0.15) is 0 Å². The van der Waals surface area contributed by atoms with Gasteiger partial charge in [-0.15, -0.1) is 0 Å². The Labute approximate surface area is 187 Å². The van der Waals surface area contributed by atoms with Gasteiger partial charge in [0, 0.05) is 35.6 Å². The highest BCUT2D eigenvalue weighted by Gasteiger charge is 2.27. The van der Waals surface area contributed by atoms with E-state index in [2.05, 4.69) is 22.2 Å². The van der Waals surface area contributed by atoms with E-state index in [-0.39, 0.29) is 17.9 Å². The van der Waals surface area contributed by atoms with E-state index in [1.54, 1.807) is 37.4 Å². The maximum atomic E-state index is 13.5. The molecule has 1 aliphatic heterocycles. The van der Waals surface area contributed by atoms with Crippen LogP contribution in [0.5, 0.6) is 0 Å². The third kappa shape index (κ3) is 4.42. The van der Waals surface area contributed by atoms with Crippen molar-refractivity contribution in [2.75, 3.05) is 18.5 Å². The number of fused-ring (bicyclic) bond motifs is 1. The molecule has 0 saturated carbocycles. The molecule has 1 aliphatic rings. The van der Waals surface area contributed by atoms with Gasteiger partial charge in [-0.2, -0.15) is 0 Å². The smallest absolute Gasteiger partial charge is 0.338 e. The van der Waals surface area contributed by atoms with Crippen molar-refractivity contribution < 1.29 is 14.3 Å². The van der Waals surface area contributed by atoms with Crippen molar-refractivity contribution in [1.29, 1.82) is 0 Å². The number of amides is 1. The predicted octanol–water partition coefficient (Wildman–Crippen LogP) is 4.87. The number of hydrogen-bond acceptors (Lipinski definition) is 6. The molecule has 1 fully saturated rings. The van der Waals surface area contributed by atoms with Crippen molar-refractivity contribution >= 4 is 34.3 Å². The Morgan fingerprint density at radius 3 is 2.66 bits per heavy atom. The molecule has 1 amide bonds. The van der Waals surface area contributed by atoms with Crippen molar-refractivity contribution in [2.24, 2.45) is 0 Å². The summed E-state index contributed by atoms with van der Waals surface area (Å²) in [7, 11) is 0. The van der Waals surface area contributed by atoms with Crippen LogP contribution in [-0.2, 0) is 4.74 Å². The number of pyridine rings is 2. The molecule has 4 rings (SSSR count). The molecule has 1 N–H and O–H groups in total. The lowest BCUT2D eigenvalue weighted by atomic mass is 10.0. The fourth-order valence-electron chi connectivity index (χ4n) is 4.07. The van der Waals surface area contributed by atoms with Crippen LogP contribution in [0.1, 0.15) is 59.5 Å². The van der Waals surface area contributed by atoms with Gasteiger partial charge in [0.05, 0.1) is 23.4 Å². The number of nitrogens with one attached hydrogen (secondary N) is 1. The number of anilines is 2. The zero-order valence-electron chi connectivity index (χ0n) is 18.7. The molecule has 0 spiro atoms. The molecule has 0 radical (unpaired) electrons. The van der Waals surface area contributed by atoms with Crippen LogP contribution < -0.4 is 5.32 Å². The topological polar surface area (TPSA) is 84.4 Å². The number of nitrogens with zero attached hydrogens (tertiary/aromatic N) is 3. The number of piperidine rings is 1. The number of esters is 1. The fraction of sp³-hybridized carbons (Fsp3) is 0.360. The molecule has 2 aromatic heterocycles. The standard InChI is InChI=1S/C25H28N4O3/c1-4-32-25(31)18-9-11-19(12-10-18)28-22-20-13-8-16(2)27-23(20)26-15-21(22)24(30)29-14-6-5-7-17(29)3/h8-13,15,17H,4-7,14H2,1-3H3,(H,26,27,28)/t17-/m1/s1. The number of aryl methyl sites for hydroxylation is 1. The summed E-state index contributed by atoms with van der Waals surface area (Å²) in [5.41, 5.74) is 3.87. The molecule has 1 aromatic carbocycles. The molecule has 166 valence electrons. The summed E-state index contributed by atoms with van der Waals surface area (Å²) in [6.07, 6.45) is 4.78. The van der Waals surface area contributed by atoms with Crippen LogP contribution >= 0.6 is 0 Å². The third-order valence-electron chi connectivity index (χ3n) is 5.83. The van der Waals surface area contributed by atoms with E-state index in [1.165, 1.54) is 0 Å². The monoisotopic (exact) mass is 432 g/mol. The van der Waals surface area contributed by atoms with E-state index in [0.717, 1.165) is 42.6 Å². The molecule has 3 aromatic rings. The van der Waals surface area contributed by atoms with E-state index in [1.807, 2.05) is 24.0 Å². The Bertz CT molecular complexity index is 1140. The lowest BCUT2D eigenvalue weighted by Gasteiger charge is -2.34. The highest BCUT2D eigenvalue weighted by molar-refractivity contribution is 6.07. The van der Waals surface area contributed by atoms with Gasteiger partial charge in [-0.1, -0.05) is 0 Å². The maximum Gasteiger partial charge on any atom is 0.338 e. The lowest BCUT2D eigenvalue weighted by molar-refractivity contribution is 0.0525. The van der Waals surface area contributed by atoms with E-state index in [9.17, 15) is 9.59 Å².